The molecule has 1 atom stereocenters. The zero-order valence-corrected chi connectivity index (χ0v) is 15.5. The van der Waals surface area contributed by atoms with Crippen LogP contribution in [0.15, 0.2) is 36.4 Å². The lowest BCUT2D eigenvalue weighted by Gasteiger charge is -2.18. The van der Waals surface area contributed by atoms with Crippen LogP contribution in [0.2, 0.25) is 0 Å². The SMILES string of the molecule is COc1ccc(C)cc1NC(=O)NC1CCN(c2ccc(F)c(C)c2)C1=O. The van der Waals surface area contributed by atoms with Crippen molar-refractivity contribution in [1.82, 2.24) is 5.32 Å². The highest BCUT2D eigenvalue weighted by Gasteiger charge is 2.33. The molecule has 1 aliphatic heterocycles. The van der Waals surface area contributed by atoms with Gasteiger partial charge in [-0.25, -0.2) is 9.18 Å². The Morgan fingerprint density at radius 2 is 2.00 bits per heavy atom. The zero-order valence-electron chi connectivity index (χ0n) is 15.5. The van der Waals surface area contributed by atoms with Crippen LogP contribution in [0.5, 0.6) is 5.75 Å². The number of nitrogens with zero attached hydrogens (tertiary/aromatic N) is 1. The molecular weight excluding hydrogens is 349 g/mol. The Morgan fingerprint density at radius 3 is 2.70 bits per heavy atom. The number of amides is 3. The van der Waals surface area contributed by atoms with Crippen LogP contribution in [0, 0.1) is 19.7 Å². The number of methoxy groups -OCH3 is 1. The average Bonchev–Trinajstić information content (AvgIpc) is 2.98. The first-order valence-electron chi connectivity index (χ1n) is 8.68. The number of aryl methyl sites for hydroxylation is 2. The van der Waals surface area contributed by atoms with E-state index in [1.807, 2.05) is 13.0 Å². The third-order valence-electron chi connectivity index (χ3n) is 4.57. The van der Waals surface area contributed by atoms with Gasteiger partial charge in [-0.3, -0.25) is 4.79 Å². The number of carbonyl (C=O) groups excluding carboxylic acids is 2. The maximum atomic E-state index is 13.4. The maximum absolute atomic E-state index is 13.4. The van der Waals surface area contributed by atoms with E-state index in [9.17, 15) is 14.0 Å². The molecule has 0 aliphatic carbocycles. The van der Waals surface area contributed by atoms with Gasteiger partial charge in [0.2, 0.25) is 5.91 Å². The van der Waals surface area contributed by atoms with E-state index >= 15 is 0 Å². The first kappa shape index (κ1) is 18.7. The summed E-state index contributed by atoms with van der Waals surface area (Å²) in [6.45, 7) is 4.02. The minimum Gasteiger partial charge on any atom is -0.495 e. The summed E-state index contributed by atoms with van der Waals surface area (Å²) >= 11 is 0. The van der Waals surface area contributed by atoms with Gasteiger partial charge in [-0.15, -0.1) is 0 Å². The third kappa shape index (κ3) is 4.02. The Balaban J connectivity index is 1.66. The molecule has 27 heavy (non-hydrogen) atoms. The lowest BCUT2D eigenvalue weighted by molar-refractivity contribution is -0.118. The summed E-state index contributed by atoms with van der Waals surface area (Å²) < 4.78 is 18.7. The van der Waals surface area contributed by atoms with Crippen LogP contribution in [-0.4, -0.2) is 31.6 Å². The summed E-state index contributed by atoms with van der Waals surface area (Å²) in [5.41, 5.74) is 2.61. The van der Waals surface area contributed by atoms with Gasteiger partial charge in [0.1, 0.15) is 17.6 Å². The maximum Gasteiger partial charge on any atom is 0.319 e. The molecule has 6 nitrogen and oxygen atoms in total. The van der Waals surface area contributed by atoms with E-state index in [0.717, 1.165) is 5.56 Å². The molecule has 1 unspecified atom stereocenters. The summed E-state index contributed by atoms with van der Waals surface area (Å²) in [6.07, 6.45) is 0.480. The predicted molar refractivity (Wildman–Crippen MR) is 102 cm³/mol. The standard InChI is InChI=1S/C20H22FN3O3/c1-12-4-7-18(27-3)17(10-12)23-20(26)22-16-8-9-24(19(16)25)14-5-6-15(21)13(2)11-14/h4-7,10-11,16H,8-9H2,1-3H3,(H2,22,23,26). The number of anilines is 2. The monoisotopic (exact) mass is 371 g/mol. The number of hydrogen-bond donors (Lipinski definition) is 2. The minimum absolute atomic E-state index is 0.215. The fraction of sp³-hybridized carbons (Fsp3) is 0.300. The van der Waals surface area contributed by atoms with E-state index < -0.39 is 12.1 Å². The highest BCUT2D eigenvalue weighted by Crippen LogP contribution is 2.26. The van der Waals surface area contributed by atoms with Crippen LogP contribution in [0.1, 0.15) is 17.5 Å². The van der Waals surface area contributed by atoms with Gasteiger partial charge >= 0.3 is 6.03 Å². The number of benzene rings is 2. The van der Waals surface area contributed by atoms with Crippen molar-refractivity contribution in [3.8, 4) is 5.75 Å². The number of ether oxygens (including phenoxy) is 1. The lowest BCUT2D eigenvalue weighted by Crippen LogP contribution is -2.43. The summed E-state index contributed by atoms with van der Waals surface area (Å²) in [5.74, 6) is 0.0100. The molecule has 0 saturated carbocycles. The molecule has 2 aromatic carbocycles. The largest absolute Gasteiger partial charge is 0.495 e. The second-order valence-electron chi connectivity index (χ2n) is 6.57. The first-order valence-corrected chi connectivity index (χ1v) is 8.68. The van der Waals surface area contributed by atoms with Crippen molar-refractivity contribution in [3.63, 3.8) is 0 Å². The van der Waals surface area contributed by atoms with Crippen LogP contribution < -0.4 is 20.3 Å². The second kappa shape index (κ2) is 7.65. The number of urea groups is 1. The third-order valence-corrected chi connectivity index (χ3v) is 4.57. The van der Waals surface area contributed by atoms with Crippen molar-refractivity contribution in [1.29, 1.82) is 0 Å². The summed E-state index contributed by atoms with van der Waals surface area (Å²) in [7, 11) is 1.52. The minimum atomic E-state index is -0.633. The molecule has 1 aliphatic rings. The van der Waals surface area contributed by atoms with Crippen LogP contribution >= 0.6 is 0 Å². The lowest BCUT2D eigenvalue weighted by atomic mass is 10.2. The van der Waals surface area contributed by atoms with E-state index in [1.54, 1.807) is 36.1 Å². The van der Waals surface area contributed by atoms with E-state index in [1.165, 1.54) is 13.2 Å². The van der Waals surface area contributed by atoms with Crippen molar-refractivity contribution in [2.75, 3.05) is 23.9 Å². The quantitative estimate of drug-likeness (QED) is 0.866. The van der Waals surface area contributed by atoms with Crippen molar-refractivity contribution >= 4 is 23.3 Å². The van der Waals surface area contributed by atoms with Crippen molar-refractivity contribution in [2.24, 2.45) is 0 Å². The van der Waals surface area contributed by atoms with Gasteiger partial charge in [-0.2, -0.15) is 0 Å². The van der Waals surface area contributed by atoms with Crippen LogP contribution in [0.25, 0.3) is 0 Å². The van der Waals surface area contributed by atoms with Gasteiger partial charge in [0, 0.05) is 12.2 Å². The number of carbonyl (C=O) groups is 2. The molecule has 2 aromatic rings. The normalized spacial score (nSPS) is 16.4. The summed E-state index contributed by atoms with van der Waals surface area (Å²) in [6, 6.07) is 8.88. The Kier molecular flexibility index (Phi) is 5.30. The smallest absolute Gasteiger partial charge is 0.319 e. The molecule has 0 bridgehead atoms. The van der Waals surface area contributed by atoms with Gasteiger partial charge in [0.15, 0.2) is 0 Å². The van der Waals surface area contributed by atoms with Gasteiger partial charge in [-0.1, -0.05) is 6.07 Å². The Labute approximate surface area is 157 Å². The fourth-order valence-electron chi connectivity index (χ4n) is 3.10. The molecule has 3 amide bonds. The number of halogens is 1. The van der Waals surface area contributed by atoms with Crippen molar-refractivity contribution in [2.45, 2.75) is 26.3 Å². The van der Waals surface area contributed by atoms with Crippen molar-refractivity contribution in [3.05, 3.63) is 53.3 Å². The molecule has 1 heterocycles. The van der Waals surface area contributed by atoms with E-state index in [4.69, 9.17) is 4.74 Å². The molecule has 142 valence electrons. The fourth-order valence-corrected chi connectivity index (χ4v) is 3.10. The molecule has 2 N–H and O–H groups in total. The summed E-state index contributed by atoms with van der Waals surface area (Å²) in [5, 5.41) is 5.43. The highest BCUT2D eigenvalue weighted by molar-refractivity contribution is 6.02. The van der Waals surface area contributed by atoms with Gasteiger partial charge in [0.25, 0.3) is 0 Å². The van der Waals surface area contributed by atoms with E-state index in [2.05, 4.69) is 10.6 Å². The highest BCUT2D eigenvalue weighted by atomic mass is 19.1. The summed E-state index contributed by atoms with van der Waals surface area (Å²) in [4.78, 5) is 26.5. The Morgan fingerprint density at radius 1 is 1.22 bits per heavy atom. The molecule has 1 fully saturated rings. The molecule has 0 spiro atoms. The van der Waals surface area contributed by atoms with Gasteiger partial charge in [-0.05, 0) is 61.7 Å². The molecule has 0 radical (unpaired) electrons. The number of nitrogens with one attached hydrogen (secondary N) is 2. The molecular formula is C20H22FN3O3. The zero-order chi connectivity index (χ0) is 19.6. The van der Waals surface area contributed by atoms with Gasteiger partial charge < -0.3 is 20.3 Å². The van der Waals surface area contributed by atoms with Crippen LogP contribution in [0.4, 0.5) is 20.6 Å². The Bertz CT molecular complexity index is 885. The number of hydrogen-bond acceptors (Lipinski definition) is 3. The Hall–Kier alpha value is -3.09. The second-order valence-corrected chi connectivity index (χ2v) is 6.57. The first-order chi connectivity index (χ1) is 12.9. The van der Waals surface area contributed by atoms with Gasteiger partial charge in [0.05, 0.1) is 12.8 Å². The van der Waals surface area contributed by atoms with Crippen molar-refractivity contribution < 1.29 is 18.7 Å². The van der Waals surface area contributed by atoms with Crippen LogP contribution in [-0.2, 0) is 4.79 Å². The molecule has 7 heteroatoms. The average molecular weight is 371 g/mol. The molecule has 3 rings (SSSR count). The van der Waals surface area contributed by atoms with E-state index in [-0.39, 0.29) is 11.7 Å². The topological polar surface area (TPSA) is 70.7 Å². The molecule has 1 saturated heterocycles. The number of rotatable bonds is 4. The van der Waals surface area contributed by atoms with Crippen LogP contribution in [0.3, 0.4) is 0 Å². The molecule has 0 aromatic heterocycles. The predicted octanol–water partition coefficient (Wildman–Crippen LogP) is 3.38. The van der Waals surface area contributed by atoms with E-state index in [0.29, 0.717) is 35.7 Å².